The third-order valence-corrected chi connectivity index (χ3v) is 5.08. The number of nitrogens with one attached hydrogen (secondary N) is 1. The van der Waals surface area contributed by atoms with Gasteiger partial charge in [-0.15, -0.1) is 0 Å². The Morgan fingerprint density at radius 1 is 0.885 bits per heavy atom. The lowest BCUT2D eigenvalue weighted by Gasteiger charge is -2.37. The maximum Gasteiger partial charge on any atom is 0.0924 e. The van der Waals surface area contributed by atoms with E-state index in [0.717, 1.165) is 5.69 Å². The van der Waals surface area contributed by atoms with Crippen LogP contribution in [0.5, 0.6) is 0 Å². The van der Waals surface area contributed by atoms with E-state index in [1.165, 1.54) is 22.3 Å². The standard InChI is InChI=1S/C18H22N2.3C2H6/c1-11-12(2)15-7-5-6-8-16(15)18(13(11)3)14(4)17-9-19-10-20-17;3*1-2/h5-13H,1-4H3,(H,19,20);3*1-2H3/b18-14+;;;. The summed E-state index contributed by atoms with van der Waals surface area (Å²) >= 11 is 0. The van der Waals surface area contributed by atoms with Crippen molar-refractivity contribution in [2.45, 2.75) is 75.2 Å². The number of hydrogen-bond acceptors (Lipinski definition) is 1. The number of allylic oxidation sites excluding steroid dienone is 2. The van der Waals surface area contributed by atoms with E-state index >= 15 is 0 Å². The zero-order chi connectivity index (χ0) is 20.3. The van der Waals surface area contributed by atoms with Gasteiger partial charge in [0, 0.05) is 0 Å². The Bertz CT molecular complexity index is 638. The minimum atomic E-state index is 0.559. The van der Waals surface area contributed by atoms with Crippen LogP contribution in [0.15, 0.2) is 36.8 Å². The van der Waals surface area contributed by atoms with Crippen molar-refractivity contribution in [2.75, 3.05) is 0 Å². The Kier molecular flexibility index (Phi) is 11.6. The molecule has 0 fully saturated rings. The highest BCUT2D eigenvalue weighted by Crippen LogP contribution is 2.47. The van der Waals surface area contributed by atoms with Gasteiger partial charge < -0.3 is 4.98 Å². The third kappa shape index (κ3) is 5.09. The van der Waals surface area contributed by atoms with Gasteiger partial charge in [-0.3, -0.25) is 0 Å². The number of hydrogen-bond donors (Lipinski definition) is 1. The van der Waals surface area contributed by atoms with Crippen molar-refractivity contribution in [1.82, 2.24) is 9.97 Å². The second kappa shape index (κ2) is 12.5. The summed E-state index contributed by atoms with van der Waals surface area (Å²) in [7, 11) is 0. The van der Waals surface area contributed by atoms with Gasteiger partial charge in [0.25, 0.3) is 0 Å². The molecule has 0 aliphatic heterocycles. The molecule has 0 bridgehead atoms. The molecule has 1 aliphatic rings. The molecule has 2 nitrogen and oxygen atoms in total. The minimum Gasteiger partial charge on any atom is -0.345 e. The van der Waals surface area contributed by atoms with Crippen LogP contribution in [0.1, 0.15) is 92.0 Å². The molecule has 2 aromatic rings. The fourth-order valence-electron chi connectivity index (χ4n) is 3.51. The summed E-state index contributed by atoms with van der Waals surface area (Å²) < 4.78 is 0. The van der Waals surface area contributed by atoms with E-state index in [1.807, 2.05) is 47.7 Å². The zero-order valence-corrected chi connectivity index (χ0v) is 18.6. The maximum absolute atomic E-state index is 4.16. The molecule has 2 heteroatoms. The van der Waals surface area contributed by atoms with Crippen molar-refractivity contribution in [3.05, 3.63) is 53.6 Å². The van der Waals surface area contributed by atoms with Crippen molar-refractivity contribution >= 4 is 11.1 Å². The average Bonchev–Trinajstić information content (AvgIpc) is 3.26. The molecule has 1 heterocycles. The molecule has 3 rings (SSSR count). The number of nitrogens with zero attached hydrogens (tertiary/aromatic N) is 1. The van der Waals surface area contributed by atoms with Crippen LogP contribution in [-0.2, 0) is 0 Å². The smallest absolute Gasteiger partial charge is 0.0924 e. The summed E-state index contributed by atoms with van der Waals surface area (Å²) in [4.78, 5) is 7.41. The van der Waals surface area contributed by atoms with E-state index in [9.17, 15) is 0 Å². The van der Waals surface area contributed by atoms with E-state index in [0.29, 0.717) is 17.8 Å². The lowest BCUT2D eigenvalue weighted by Crippen LogP contribution is -2.24. The van der Waals surface area contributed by atoms with Gasteiger partial charge in [0.2, 0.25) is 0 Å². The van der Waals surface area contributed by atoms with Gasteiger partial charge in [0.05, 0.1) is 18.2 Å². The first kappa shape index (κ1) is 24.2. The fourth-order valence-corrected chi connectivity index (χ4v) is 3.51. The average molecular weight is 357 g/mol. The van der Waals surface area contributed by atoms with E-state index in [2.05, 4.69) is 61.9 Å². The molecule has 0 saturated heterocycles. The third-order valence-electron chi connectivity index (χ3n) is 5.08. The number of aromatic amines is 1. The molecule has 0 amide bonds. The SMILES string of the molecule is C/C(=C1\c2ccccc2C(C)C(C)C1C)c1cnc[nH]1.CC.CC.CC. The van der Waals surface area contributed by atoms with Crippen molar-refractivity contribution in [1.29, 1.82) is 0 Å². The first-order valence-electron chi connectivity index (χ1n) is 10.4. The monoisotopic (exact) mass is 356 g/mol. The van der Waals surface area contributed by atoms with Crippen molar-refractivity contribution < 1.29 is 0 Å². The van der Waals surface area contributed by atoms with Crippen LogP contribution in [0.25, 0.3) is 11.1 Å². The molecule has 146 valence electrons. The summed E-state index contributed by atoms with van der Waals surface area (Å²) in [5.41, 5.74) is 6.81. The van der Waals surface area contributed by atoms with Crippen LogP contribution in [0, 0.1) is 11.8 Å². The van der Waals surface area contributed by atoms with Gasteiger partial charge in [-0.2, -0.15) is 0 Å². The summed E-state index contributed by atoms with van der Waals surface area (Å²) in [5.74, 6) is 1.82. The largest absolute Gasteiger partial charge is 0.345 e. The fraction of sp³-hybridized carbons (Fsp3) is 0.542. The van der Waals surface area contributed by atoms with Gasteiger partial charge in [-0.05, 0) is 47.0 Å². The number of rotatable bonds is 1. The molecule has 3 atom stereocenters. The summed E-state index contributed by atoms with van der Waals surface area (Å²) in [6.45, 7) is 21.3. The molecule has 1 aromatic heterocycles. The quantitative estimate of drug-likeness (QED) is 0.554. The number of imidazole rings is 1. The van der Waals surface area contributed by atoms with E-state index < -0.39 is 0 Å². The molecule has 0 radical (unpaired) electrons. The Balaban J connectivity index is 0.000000948. The van der Waals surface area contributed by atoms with E-state index in [4.69, 9.17) is 0 Å². The molecule has 1 N–H and O–H groups in total. The lowest BCUT2D eigenvalue weighted by molar-refractivity contribution is 0.390. The first-order chi connectivity index (χ1) is 12.6. The lowest BCUT2D eigenvalue weighted by atomic mass is 9.67. The molecule has 1 aliphatic carbocycles. The Morgan fingerprint density at radius 3 is 2.00 bits per heavy atom. The van der Waals surface area contributed by atoms with Crippen LogP contribution in [0.2, 0.25) is 0 Å². The molecule has 3 unspecified atom stereocenters. The van der Waals surface area contributed by atoms with Crippen LogP contribution in [-0.4, -0.2) is 9.97 Å². The summed E-state index contributed by atoms with van der Waals surface area (Å²) in [6, 6.07) is 8.85. The van der Waals surface area contributed by atoms with Gasteiger partial charge in [-0.1, -0.05) is 86.6 Å². The molecule has 0 saturated carbocycles. The minimum absolute atomic E-state index is 0.559. The van der Waals surface area contributed by atoms with E-state index in [1.54, 1.807) is 6.33 Å². The van der Waals surface area contributed by atoms with Gasteiger partial charge in [-0.25, -0.2) is 4.98 Å². The molecule has 26 heavy (non-hydrogen) atoms. The normalized spacial score (nSPS) is 22.3. The van der Waals surface area contributed by atoms with Crippen molar-refractivity contribution in [2.24, 2.45) is 11.8 Å². The van der Waals surface area contributed by atoms with Gasteiger partial charge in [0.1, 0.15) is 0 Å². The Morgan fingerprint density at radius 2 is 1.46 bits per heavy atom. The van der Waals surface area contributed by atoms with Crippen molar-refractivity contribution in [3.63, 3.8) is 0 Å². The highest BCUT2D eigenvalue weighted by atomic mass is 14.9. The van der Waals surface area contributed by atoms with Crippen LogP contribution >= 0.6 is 0 Å². The number of fused-ring (bicyclic) bond motifs is 1. The van der Waals surface area contributed by atoms with Crippen LogP contribution < -0.4 is 0 Å². The molecule has 0 spiro atoms. The summed E-state index contributed by atoms with van der Waals surface area (Å²) in [6.07, 6.45) is 3.67. The Labute approximate surface area is 162 Å². The van der Waals surface area contributed by atoms with Crippen molar-refractivity contribution in [3.8, 4) is 0 Å². The predicted molar refractivity (Wildman–Crippen MR) is 118 cm³/mol. The predicted octanol–water partition coefficient (Wildman–Crippen LogP) is 7.81. The molecular formula is C24H40N2. The highest BCUT2D eigenvalue weighted by Gasteiger charge is 2.33. The first-order valence-corrected chi connectivity index (χ1v) is 10.4. The summed E-state index contributed by atoms with van der Waals surface area (Å²) in [5, 5.41) is 0. The molecular weight excluding hydrogens is 316 g/mol. The Hall–Kier alpha value is -1.83. The maximum atomic E-state index is 4.16. The van der Waals surface area contributed by atoms with Crippen LogP contribution in [0.4, 0.5) is 0 Å². The van der Waals surface area contributed by atoms with Gasteiger partial charge in [0.15, 0.2) is 0 Å². The second-order valence-corrected chi connectivity index (χ2v) is 6.03. The number of benzene rings is 1. The number of H-pyrrole nitrogens is 1. The zero-order valence-electron chi connectivity index (χ0n) is 18.6. The van der Waals surface area contributed by atoms with E-state index in [-0.39, 0.29) is 0 Å². The van der Waals surface area contributed by atoms with Crippen LogP contribution in [0.3, 0.4) is 0 Å². The topological polar surface area (TPSA) is 28.7 Å². The highest BCUT2D eigenvalue weighted by molar-refractivity contribution is 5.91. The molecule has 1 aromatic carbocycles. The number of aromatic nitrogens is 2. The van der Waals surface area contributed by atoms with Gasteiger partial charge >= 0.3 is 0 Å². The second-order valence-electron chi connectivity index (χ2n) is 6.03.